The Bertz CT molecular complexity index is 364. The van der Waals surface area contributed by atoms with E-state index in [4.69, 9.17) is 9.47 Å². The summed E-state index contributed by atoms with van der Waals surface area (Å²) in [7, 11) is 3.50. The highest BCUT2D eigenvalue weighted by molar-refractivity contribution is 5.27. The smallest absolute Gasteiger partial charge is 0.0589 e. The standard InChI is InChI=1S/C17H30N2O2/c1-4-18-10-9-16-7-5-6-8-17(16)15-19(11-13-20-2)12-14-21-3/h5-8,18H,4,9-15H2,1-3H3. The van der Waals surface area contributed by atoms with Gasteiger partial charge >= 0.3 is 0 Å². The maximum Gasteiger partial charge on any atom is 0.0589 e. The van der Waals surface area contributed by atoms with E-state index in [0.717, 1.165) is 52.4 Å². The molecule has 0 unspecified atom stereocenters. The normalized spacial score (nSPS) is 11.2. The van der Waals surface area contributed by atoms with Gasteiger partial charge < -0.3 is 14.8 Å². The summed E-state index contributed by atoms with van der Waals surface area (Å²) in [5, 5.41) is 3.39. The van der Waals surface area contributed by atoms with Gasteiger partial charge in [0.1, 0.15) is 0 Å². The van der Waals surface area contributed by atoms with Crippen molar-refractivity contribution in [1.29, 1.82) is 0 Å². The van der Waals surface area contributed by atoms with E-state index in [-0.39, 0.29) is 0 Å². The van der Waals surface area contributed by atoms with Crippen LogP contribution in [0.1, 0.15) is 18.1 Å². The minimum atomic E-state index is 0.753. The molecule has 0 saturated carbocycles. The summed E-state index contributed by atoms with van der Waals surface area (Å²) in [6.45, 7) is 8.52. The zero-order valence-corrected chi connectivity index (χ0v) is 13.7. The van der Waals surface area contributed by atoms with Crippen LogP contribution >= 0.6 is 0 Å². The Labute approximate surface area is 129 Å². The fourth-order valence-corrected chi connectivity index (χ4v) is 2.31. The van der Waals surface area contributed by atoms with Gasteiger partial charge in [0.25, 0.3) is 0 Å². The number of nitrogens with one attached hydrogen (secondary N) is 1. The monoisotopic (exact) mass is 294 g/mol. The van der Waals surface area contributed by atoms with Gasteiger partial charge in [-0.15, -0.1) is 0 Å². The molecule has 0 spiro atoms. The molecule has 4 heteroatoms. The predicted molar refractivity (Wildman–Crippen MR) is 87.7 cm³/mol. The van der Waals surface area contributed by atoms with Crippen LogP contribution in [0.2, 0.25) is 0 Å². The molecule has 0 aliphatic heterocycles. The zero-order chi connectivity index (χ0) is 15.3. The van der Waals surface area contributed by atoms with Gasteiger partial charge in [0.05, 0.1) is 13.2 Å². The van der Waals surface area contributed by atoms with Crippen molar-refractivity contribution in [2.45, 2.75) is 19.9 Å². The first-order chi connectivity index (χ1) is 10.3. The van der Waals surface area contributed by atoms with Crippen LogP contribution in [0, 0.1) is 0 Å². The van der Waals surface area contributed by atoms with Crippen molar-refractivity contribution in [2.75, 3.05) is 53.6 Å². The Morgan fingerprint density at radius 3 is 2.19 bits per heavy atom. The highest BCUT2D eigenvalue weighted by atomic mass is 16.5. The molecule has 1 aromatic carbocycles. The predicted octanol–water partition coefficient (Wildman–Crippen LogP) is 1.93. The molecule has 0 bridgehead atoms. The van der Waals surface area contributed by atoms with Crippen molar-refractivity contribution < 1.29 is 9.47 Å². The molecule has 0 saturated heterocycles. The Hall–Kier alpha value is -0.940. The number of nitrogens with zero attached hydrogens (tertiary/aromatic N) is 1. The first-order valence-electron chi connectivity index (χ1n) is 7.79. The Balaban J connectivity index is 2.62. The largest absolute Gasteiger partial charge is 0.383 e. The lowest BCUT2D eigenvalue weighted by atomic mass is 10.0. The Kier molecular flexibility index (Phi) is 10.1. The summed E-state index contributed by atoms with van der Waals surface area (Å²) in [6.07, 6.45) is 1.08. The average molecular weight is 294 g/mol. The van der Waals surface area contributed by atoms with E-state index in [2.05, 4.69) is 41.4 Å². The highest BCUT2D eigenvalue weighted by Gasteiger charge is 2.09. The number of methoxy groups -OCH3 is 2. The van der Waals surface area contributed by atoms with Gasteiger partial charge in [0.2, 0.25) is 0 Å². The van der Waals surface area contributed by atoms with Gasteiger partial charge in [0.15, 0.2) is 0 Å². The van der Waals surface area contributed by atoms with Gasteiger partial charge in [-0.3, -0.25) is 4.90 Å². The van der Waals surface area contributed by atoms with E-state index in [9.17, 15) is 0 Å². The van der Waals surface area contributed by atoms with Crippen LogP contribution in [-0.2, 0) is 22.4 Å². The number of rotatable bonds is 12. The maximum atomic E-state index is 5.21. The third-order valence-corrected chi connectivity index (χ3v) is 3.56. The summed E-state index contributed by atoms with van der Waals surface area (Å²) in [4.78, 5) is 2.39. The fraction of sp³-hybridized carbons (Fsp3) is 0.647. The molecule has 1 N–H and O–H groups in total. The van der Waals surface area contributed by atoms with E-state index in [0.29, 0.717) is 0 Å². The van der Waals surface area contributed by atoms with Crippen LogP contribution < -0.4 is 5.32 Å². The van der Waals surface area contributed by atoms with Gasteiger partial charge in [-0.2, -0.15) is 0 Å². The van der Waals surface area contributed by atoms with Crippen LogP contribution in [-0.4, -0.2) is 58.5 Å². The molecule has 21 heavy (non-hydrogen) atoms. The molecule has 1 rings (SSSR count). The number of benzene rings is 1. The summed E-state index contributed by atoms with van der Waals surface area (Å²) in [5.41, 5.74) is 2.83. The van der Waals surface area contributed by atoms with Crippen LogP contribution in [0.5, 0.6) is 0 Å². The number of hydrogen-bond acceptors (Lipinski definition) is 4. The second kappa shape index (κ2) is 11.7. The zero-order valence-electron chi connectivity index (χ0n) is 13.7. The molecule has 120 valence electrons. The molecule has 1 aromatic rings. The van der Waals surface area contributed by atoms with Crippen molar-refractivity contribution in [1.82, 2.24) is 10.2 Å². The maximum absolute atomic E-state index is 5.21. The second-order valence-corrected chi connectivity index (χ2v) is 5.13. The van der Waals surface area contributed by atoms with Gasteiger partial charge in [-0.25, -0.2) is 0 Å². The van der Waals surface area contributed by atoms with Gasteiger partial charge in [-0.05, 0) is 30.6 Å². The topological polar surface area (TPSA) is 33.7 Å². The molecule has 0 fully saturated rings. The number of likely N-dealkylation sites (N-methyl/N-ethyl adjacent to an activating group) is 1. The molecule has 0 amide bonds. The van der Waals surface area contributed by atoms with E-state index in [1.807, 2.05) is 0 Å². The van der Waals surface area contributed by atoms with Crippen LogP contribution in [0.25, 0.3) is 0 Å². The lowest BCUT2D eigenvalue weighted by Crippen LogP contribution is -2.30. The van der Waals surface area contributed by atoms with Gasteiger partial charge in [-0.1, -0.05) is 31.2 Å². The summed E-state index contributed by atoms with van der Waals surface area (Å²) in [6, 6.07) is 8.71. The highest BCUT2D eigenvalue weighted by Crippen LogP contribution is 2.12. The second-order valence-electron chi connectivity index (χ2n) is 5.13. The van der Waals surface area contributed by atoms with Crippen molar-refractivity contribution in [3.05, 3.63) is 35.4 Å². The molecule has 0 radical (unpaired) electrons. The minimum absolute atomic E-state index is 0.753. The third kappa shape index (κ3) is 7.58. The molecule has 0 heterocycles. The van der Waals surface area contributed by atoms with E-state index in [1.165, 1.54) is 11.1 Å². The molecule has 0 aliphatic carbocycles. The van der Waals surface area contributed by atoms with Crippen molar-refractivity contribution in [2.24, 2.45) is 0 Å². The molecular formula is C17H30N2O2. The van der Waals surface area contributed by atoms with E-state index in [1.54, 1.807) is 14.2 Å². The van der Waals surface area contributed by atoms with Gasteiger partial charge in [0, 0.05) is 33.9 Å². The summed E-state index contributed by atoms with van der Waals surface area (Å²) >= 11 is 0. The van der Waals surface area contributed by atoms with Crippen LogP contribution in [0.4, 0.5) is 0 Å². The minimum Gasteiger partial charge on any atom is -0.383 e. The average Bonchev–Trinajstić information content (AvgIpc) is 2.51. The third-order valence-electron chi connectivity index (χ3n) is 3.56. The number of hydrogen-bond donors (Lipinski definition) is 1. The van der Waals surface area contributed by atoms with Crippen molar-refractivity contribution >= 4 is 0 Å². The Morgan fingerprint density at radius 1 is 1.00 bits per heavy atom. The first kappa shape index (κ1) is 18.1. The van der Waals surface area contributed by atoms with Crippen molar-refractivity contribution in [3.63, 3.8) is 0 Å². The summed E-state index contributed by atoms with van der Waals surface area (Å²) in [5.74, 6) is 0. The molecule has 0 aromatic heterocycles. The lowest BCUT2D eigenvalue weighted by Gasteiger charge is -2.23. The molecule has 0 atom stereocenters. The molecule has 0 aliphatic rings. The molecular weight excluding hydrogens is 264 g/mol. The van der Waals surface area contributed by atoms with Crippen LogP contribution in [0.3, 0.4) is 0 Å². The SMILES string of the molecule is CCNCCc1ccccc1CN(CCOC)CCOC. The molecule has 4 nitrogen and oxygen atoms in total. The van der Waals surface area contributed by atoms with Crippen molar-refractivity contribution in [3.8, 4) is 0 Å². The Morgan fingerprint density at radius 2 is 1.62 bits per heavy atom. The first-order valence-corrected chi connectivity index (χ1v) is 7.79. The fourth-order valence-electron chi connectivity index (χ4n) is 2.31. The van der Waals surface area contributed by atoms with Crippen LogP contribution in [0.15, 0.2) is 24.3 Å². The quantitative estimate of drug-likeness (QED) is 0.597. The lowest BCUT2D eigenvalue weighted by molar-refractivity contribution is 0.110. The summed E-state index contributed by atoms with van der Waals surface area (Å²) < 4.78 is 10.4. The number of ether oxygens (including phenoxy) is 2. The van der Waals surface area contributed by atoms with E-state index >= 15 is 0 Å². The van der Waals surface area contributed by atoms with E-state index < -0.39 is 0 Å².